The first-order valence-corrected chi connectivity index (χ1v) is 8.19. The van der Waals surface area contributed by atoms with Crippen LogP contribution in [-0.4, -0.2) is 62.5 Å². The summed E-state index contributed by atoms with van der Waals surface area (Å²) >= 11 is 0. The maximum Gasteiger partial charge on any atom is 0.220 e. The second-order valence-electron chi connectivity index (χ2n) is 5.50. The predicted octanol–water partition coefficient (Wildman–Crippen LogP) is 0.516. The Bertz CT molecular complexity index is 310. The molecule has 0 bridgehead atoms. The van der Waals surface area contributed by atoms with Gasteiger partial charge in [0.2, 0.25) is 11.8 Å². The van der Waals surface area contributed by atoms with Crippen LogP contribution in [0.5, 0.6) is 0 Å². The van der Waals surface area contributed by atoms with E-state index in [-0.39, 0.29) is 24.2 Å². The molecule has 1 heterocycles. The fourth-order valence-corrected chi connectivity index (χ4v) is 2.32. The minimum Gasteiger partial charge on any atom is -0.356 e. The second-order valence-corrected chi connectivity index (χ2v) is 5.50. The van der Waals surface area contributed by atoms with E-state index in [9.17, 15) is 9.59 Å². The Hall–Kier alpha value is -0.850. The molecule has 0 saturated carbocycles. The van der Waals surface area contributed by atoms with E-state index >= 15 is 0 Å². The summed E-state index contributed by atoms with van der Waals surface area (Å²) in [6.07, 6.45) is 3.43. The lowest BCUT2D eigenvalue weighted by atomic mass is 10.2. The van der Waals surface area contributed by atoms with Crippen molar-refractivity contribution in [3.63, 3.8) is 0 Å². The molecule has 22 heavy (non-hydrogen) atoms. The SMILES string of the molecule is CCCNC(=O)CCCC(=O)NCCCN1CCNCC1.Cl. The van der Waals surface area contributed by atoms with Crippen LogP contribution in [0.2, 0.25) is 0 Å². The molecule has 1 fully saturated rings. The Labute approximate surface area is 140 Å². The van der Waals surface area contributed by atoms with E-state index in [2.05, 4.69) is 20.9 Å². The molecule has 1 aliphatic rings. The molecule has 1 rings (SSSR count). The van der Waals surface area contributed by atoms with Gasteiger partial charge >= 0.3 is 0 Å². The molecule has 0 aliphatic carbocycles. The van der Waals surface area contributed by atoms with Gasteiger partial charge in [0.05, 0.1) is 0 Å². The third-order valence-corrected chi connectivity index (χ3v) is 3.56. The van der Waals surface area contributed by atoms with Crippen molar-refractivity contribution in [2.24, 2.45) is 0 Å². The van der Waals surface area contributed by atoms with Gasteiger partial charge in [-0.2, -0.15) is 0 Å². The van der Waals surface area contributed by atoms with E-state index in [1.54, 1.807) is 0 Å². The first kappa shape index (κ1) is 21.1. The summed E-state index contributed by atoms with van der Waals surface area (Å²) in [6.45, 7) is 8.83. The highest BCUT2D eigenvalue weighted by Gasteiger charge is 2.09. The number of piperazine rings is 1. The van der Waals surface area contributed by atoms with Gasteiger partial charge in [0.1, 0.15) is 0 Å². The van der Waals surface area contributed by atoms with Crippen LogP contribution in [0.25, 0.3) is 0 Å². The van der Waals surface area contributed by atoms with Crippen LogP contribution in [0.3, 0.4) is 0 Å². The van der Waals surface area contributed by atoms with Crippen molar-refractivity contribution in [1.82, 2.24) is 20.9 Å². The normalized spacial score (nSPS) is 15.0. The number of rotatable bonds is 10. The van der Waals surface area contributed by atoms with Gasteiger partial charge in [-0.05, 0) is 25.8 Å². The van der Waals surface area contributed by atoms with E-state index in [1.807, 2.05) is 6.92 Å². The molecular formula is C15H31ClN4O2. The molecule has 7 heteroatoms. The lowest BCUT2D eigenvalue weighted by molar-refractivity contribution is -0.122. The van der Waals surface area contributed by atoms with E-state index in [0.717, 1.165) is 58.7 Å². The van der Waals surface area contributed by atoms with Crippen molar-refractivity contribution < 1.29 is 9.59 Å². The molecule has 2 amide bonds. The first-order valence-electron chi connectivity index (χ1n) is 8.19. The maximum absolute atomic E-state index is 11.6. The number of halogens is 1. The highest BCUT2D eigenvalue weighted by Crippen LogP contribution is 1.97. The van der Waals surface area contributed by atoms with Gasteiger partial charge < -0.3 is 20.9 Å². The molecule has 0 aromatic rings. The third-order valence-electron chi connectivity index (χ3n) is 3.56. The van der Waals surface area contributed by atoms with Crippen LogP contribution in [-0.2, 0) is 9.59 Å². The van der Waals surface area contributed by atoms with Gasteiger partial charge in [0.25, 0.3) is 0 Å². The number of carbonyl (C=O) groups is 2. The molecule has 0 radical (unpaired) electrons. The zero-order chi connectivity index (χ0) is 15.3. The zero-order valence-corrected chi connectivity index (χ0v) is 14.5. The number of hydrogen-bond donors (Lipinski definition) is 3. The van der Waals surface area contributed by atoms with Crippen LogP contribution in [0, 0.1) is 0 Å². The fourth-order valence-electron chi connectivity index (χ4n) is 2.32. The summed E-state index contributed by atoms with van der Waals surface area (Å²) < 4.78 is 0. The maximum atomic E-state index is 11.6. The number of hydrogen-bond acceptors (Lipinski definition) is 4. The zero-order valence-electron chi connectivity index (χ0n) is 13.7. The van der Waals surface area contributed by atoms with Gasteiger partial charge in [-0.25, -0.2) is 0 Å². The number of nitrogens with zero attached hydrogens (tertiary/aromatic N) is 1. The topological polar surface area (TPSA) is 73.5 Å². The van der Waals surface area contributed by atoms with Gasteiger partial charge in [0.15, 0.2) is 0 Å². The quantitative estimate of drug-likeness (QED) is 0.509. The highest BCUT2D eigenvalue weighted by atomic mass is 35.5. The lowest BCUT2D eigenvalue weighted by Crippen LogP contribution is -2.44. The van der Waals surface area contributed by atoms with E-state index in [4.69, 9.17) is 0 Å². The molecule has 1 aliphatic heterocycles. The van der Waals surface area contributed by atoms with Crippen molar-refractivity contribution in [3.05, 3.63) is 0 Å². The highest BCUT2D eigenvalue weighted by molar-refractivity contribution is 5.85. The van der Waals surface area contributed by atoms with Gasteiger partial charge in [-0.3, -0.25) is 9.59 Å². The Morgan fingerprint density at radius 2 is 1.59 bits per heavy atom. The molecule has 0 unspecified atom stereocenters. The minimum atomic E-state index is 0. The van der Waals surface area contributed by atoms with Crippen LogP contribution in [0.4, 0.5) is 0 Å². The number of nitrogens with one attached hydrogen (secondary N) is 3. The van der Waals surface area contributed by atoms with Crippen LogP contribution in [0.15, 0.2) is 0 Å². The summed E-state index contributed by atoms with van der Waals surface area (Å²) in [4.78, 5) is 25.4. The molecule has 0 aromatic heterocycles. The fraction of sp³-hybridized carbons (Fsp3) is 0.867. The average Bonchev–Trinajstić information content (AvgIpc) is 2.50. The summed E-state index contributed by atoms with van der Waals surface area (Å²) in [5.41, 5.74) is 0. The number of carbonyl (C=O) groups excluding carboxylic acids is 2. The van der Waals surface area contributed by atoms with Crippen molar-refractivity contribution in [1.29, 1.82) is 0 Å². The molecule has 130 valence electrons. The molecular weight excluding hydrogens is 304 g/mol. The second kappa shape index (κ2) is 13.8. The van der Waals surface area contributed by atoms with Crippen LogP contribution in [0.1, 0.15) is 39.0 Å². The molecule has 1 saturated heterocycles. The Morgan fingerprint density at radius 1 is 1.00 bits per heavy atom. The molecule has 0 atom stereocenters. The van der Waals surface area contributed by atoms with Crippen molar-refractivity contribution in [2.45, 2.75) is 39.0 Å². The standard InChI is InChI=1S/C15H30N4O2.ClH/c1-2-7-17-14(20)5-3-6-15(21)18-8-4-11-19-12-9-16-10-13-19;/h16H,2-13H2,1H3,(H,17,20)(H,18,21);1H. The Kier molecular flexibility index (Phi) is 13.3. The molecule has 6 nitrogen and oxygen atoms in total. The molecule has 0 aromatic carbocycles. The summed E-state index contributed by atoms with van der Waals surface area (Å²) in [5, 5.41) is 9.06. The Balaban J connectivity index is 0.00000441. The van der Waals surface area contributed by atoms with Crippen molar-refractivity contribution in [3.8, 4) is 0 Å². The third kappa shape index (κ3) is 10.8. The molecule has 0 spiro atoms. The van der Waals surface area contributed by atoms with E-state index in [1.165, 1.54) is 0 Å². The molecule has 3 N–H and O–H groups in total. The predicted molar refractivity (Wildman–Crippen MR) is 91.3 cm³/mol. The van der Waals surface area contributed by atoms with Gasteiger partial charge in [-0.15, -0.1) is 12.4 Å². The summed E-state index contributed by atoms with van der Waals surface area (Å²) in [6, 6.07) is 0. The smallest absolute Gasteiger partial charge is 0.220 e. The van der Waals surface area contributed by atoms with Crippen LogP contribution < -0.4 is 16.0 Å². The Morgan fingerprint density at radius 3 is 2.18 bits per heavy atom. The lowest BCUT2D eigenvalue weighted by Gasteiger charge is -2.27. The average molecular weight is 335 g/mol. The largest absolute Gasteiger partial charge is 0.356 e. The summed E-state index contributed by atoms with van der Waals surface area (Å²) in [7, 11) is 0. The summed E-state index contributed by atoms with van der Waals surface area (Å²) in [5.74, 6) is 0.0990. The van der Waals surface area contributed by atoms with Gasteiger partial charge in [0, 0.05) is 52.1 Å². The van der Waals surface area contributed by atoms with E-state index in [0.29, 0.717) is 19.3 Å². The van der Waals surface area contributed by atoms with Crippen LogP contribution >= 0.6 is 12.4 Å². The number of amides is 2. The monoisotopic (exact) mass is 334 g/mol. The minimum absolute atomic E-state index is 0. The van der Waals surface area contributed by atoms with Gasteiger partial charge in [-0.1, -0.05) is 6.92 Å². The first-order chi connectivity index (χ1) is 10.2. The van der Waals surface area contributed by atoms with Crippen molar-refractivity contribution >= 4 is 24.2 Å². The van der Waals surface area contributed by atoms with Crippen molar-refractivity contribution in [2.75, 3.05) is 45.8 Å². The van der Waals surface area contributed by atoms with E-state index < -0.39 is 0 Å².